The maximum absolute atomic E-state index is 12.9. The number of nitrogens with one attached hydrogen (secondary N) is 1. The van der Waals surface area contributed by atoms with Gasteiger partial charge in [-0.05, 0) is 37.3 Å². The molecule has 8 nitrogen and oxygen atoms in total. The van der Waals surface area contributed by atoms with Gasteiger partial charge < -0.3 is 13.9 Å². The molecule has 0 atom stereocenters. The molecule has 1 fully saturated rings. The number of aryl methyl sites for hydroxylation is 1. The highest BCUT2D eigenvalue weighted by molar-refractivity contribution is 6.39. The molecule has 2 aromatic rings. The molecule has 1 N–H and O–H groups in total. The summed E-state index contributed by atoms with van der Waals surface area (Å²) >= 11 is 0. The minimum atomic E-state index is -0.876. The molecular formula is C18H16N2O6. The molecule has 1 aliphatic heterocycles. The zero-order valence-corrected chi connectivity index (χ0v) is 14.4. The predicted molar refractivity (Wildman–Crippen MR) is 92.0 cm³/mol. The second kappa shape index (κ2) is 6.75. The number of imide groups is 2. The van der Waals surface area contributed by atoms with Gasteiger partial charge in [-0.25, -0.2) is 9.69 Å². The van der Waals surface area contributed by atoms with Gasteiger partial charge in [0.15, 0.2) is 0 Å². The first-order chi connectivity index (χ1) is 12.4. The van der Waals surface area contributed by atoms with E-state index >= 15 is 0 Å². The first-order valence-corrected chi connectivity index (χ1v) is 7.64. The van der Waals surface area contributed by atoms with Crippen molar-refractivity contribution >= 4 is 29.6 Å². The van der Waals surface area contributed by atoms with Crippen LogP contribution < -0.4 is 19.7 Å². The molecule has 0 bridgehead atoms. The van der Waals surface area contributed by atoms with E-state index < -0.39 is 17.8 Å². The molecule has 134 valence electrons. The summed E-state index contributed by atoms with van der Waals surface area (Å²) in [6.07, 6.45) is 1.29. The zero-order valence-electron chi connectivity index (χ0n) is 14.4. The number of benzene rings is 1. The van der Waals surface area contributed by atoms with Crippen molar-refractivity contribution in [3.8, 4) is 11.5 Å². The van der Waals surface area contributed by atoms with Crippen molar-refractivity contribution in [3.63, 3.8) is 0 Å². The third-order valence-corrected chi connectivity index (χ3v) is 3.78. The summed E-state index contributed by atoms with van der Waals surface area (Å²) in [6.45, 7) is 1.74. The average molecular weight is 356 g/mol. The van der Waals surface area contributed by atoms with Crippen LogP contribution in [0.5, 0.6) is 11.5 Å². The lowest BCUT2D eigenvalue weighted by Gasteiger charge is -2.27. The number of barbiturate groups is 1. The summed E-state index contributed by atoms with van der Waals surface area (Å²) in [4.78, 5) is 38.1. The fourth-order valence-electron chi connectivity index (χ4n) is 2.52. The number of ether oxygens (including phenoxy) is 2. The van der Waals surface area contributed by atoms with Gasteiger partial charge in [0.2, 0.25) is 0 Å². The molecule has 0 spiro atoms. The molecular weight excluding hydrogens is 340 g/mol. The minimum Gasteiger partial charge on any atom is -0.497 e. The topological polar surface area (TPSA) is 98.1 Å². The fourth-order valence-corrected chi connectivity index (χ4v) is 2.52. The quantitative estimate of drug-likeness (QED) is 0.667. The van der Waals surface area contributed by atoms with E-state index in [1.54, 1.807) is 31.2 Å². The van der Waals surface area contributed by atoms with Gasteiger partial charge >= 0.3 is 6.03 Å². The van der Waals surface area contributed by atoms with Crippen LogP contribution in [0.2, 0.25) is 0 Å². The number of rotatable bonds is 4. The Balaban J connectivity index is 2.07. The molecule has 4 amide bonds. The van der Waals surface area contributed by atoms with Gasteiger partial charge in [0, 0.05) is 6.07 Å². The highest BCUT2D eigenvalue weighted by atomic mass is 16.5. The molecule has 3 rings (SSSR count). The van der Waals surface area contributed by atoms with Crippen molar-refractivity contribution in [2.24, 2.45) is 0 Å². The molecule has 0 aliphatic carbocycles. The summed E-state index contributed by atoms with van der Waals surface area (Å²) in [5.74, 6) is 0.0599. The van der Waals surface area contributed by atoms with Crippen molar-refractivity contribution in [3.05, 3.63) is 47.4 Å². The van der Waals surface area contributed by atoms with Crippen molar-refractivity contribution in [2.45, 2.75) is 6.92 Å². The third-order valence-electron chi connectivity index (χ3n) is 3.78. The maximum atomic E-state index is 12.9. The van der Waals surface area contributed by atoms with E-state index in [1.807, 2.05) is 0 Å². The Morgan fingerprint density at radius 3 is 2.46 bits per heavy atom. The van der Waals surface area contributed by atoms with Gasteiger partial charge in [0.25, 0.3) is 11.8 Å². The molecule has 8 heteroatoms. The van der Waals surface area contributed by atoms with Gasteiger partial charge in [-0.15, -0.1) is 0 Å². The number of amides is 4. The number of nitrogens with zero attached hydrogens (tertiary/aromatic N) is 1. The molecule has 0 unspecified atom stereocenters. The van der Waals surface area contributed by atoms with Crippen LogP contribution in [0.15, 0.2) is 40.3 Å². The number of anilines is 1. The van der Waals surface area contributed by atoms with Gasteiger partial charge in [-0.2, -0.15) is 0 Å². The number of hydrogen-bond donors (Lipinski definition) is 1. The first-order valence-electron chi connectivity index (χ1n) is 7.64. The number of urea groups is 1. The Bertz CT molecular complexity index is 928. The summed E-state index contributed by atoms with van der Waals surface area (Å²) in [7, 11) is 2.86. The summed E-state index contributed by atoms with van der Waals surface area (Å²) in [6, 6.07) is 7.11. The van der Waals surface area contributed by atoms with E-state index in [2.05, 4.69) is 5.32 Å². The lowest BCUT2D eigenvalue weighted by Crippen LogP contribution is -2.54. The van der Waals surface area contributed by atoms with Crippen LogP contribution in [0.3, 0.4) is 0 Å². The Kier molecular flexibility index (Phi) is 4.49. The van der Waals surface area contributed by atoms with Crippen LogP contribution in [-0.2, 0) is 9.59 Å². The van der Waals surface area contributed by atoms with Crippen molar-refractivity contribution < 1.29 is 28.3 Å². The lowest BCUT2D eigenvalue weighted by molar-refractivity contribution is -0.122. The van der Waals surface area contributed by atoms with Crippen molar-refractivity contribution in [1.29, 1.82) is 0 Å². The van der Waals surface area contributed by atoms with Gasteiger partial charge in [0.05, 0.1) is 19.9 Å². The van der Waals surface area contributed by atoms with Crippen molar-refractivity contribution in [2.75, 3.05) is 19.1 Å². The Morgan fingerprint density at radius 1 is 1.08 bits per heavy atom. The number of carbonyl (C=O) groups excluding carboxylic acids is 3. The predicted octanol–water partition coefficient (Wildman–Crippen LogP) is 2.27. The Labute approximate surface area is 149 Å². The molecule has 1 aromatic carbocycles. The third kappa shape index (κ3) is 3.04. The van der Waals surface area contributed by atoms with Crippen LogP contribution in [0.25, 0.3) is 6.08 Å². The van der Waals surface area contributed by atoms with Crippen LogP contribution >= 0.6 is 0 Å². The average Bonchev–Trinajstić information content (AvgIpc) is 3.03. The monoisotopic (exact) mass is 356 g/mol. The SMILES string of the molecule is COc1ccc(OC)c(N2C(=O)NC(=O)C(=Cc3ccc(C)o3)C2=O)c1. The molecule has 0 radical (unpaired) electrons. The first kappa shape index (κ1) is 17.3. The van der Waals surface area contributed by atoms with Gasteiger partial charge in [-0.1, -0.05) is 0 Å². The smallest absolute Gasteiger partial charge is 0.336 e. The second-order valence-corrected chi connectivity index (χ2v) is 5.44. The normalized spacial score (nSPS) is 16.0. The van der Waals surface area contributed by atoms with Gasteiger partial charge in [-0.3, -0.25) is 14.9 Å². The van der Waals surface area contributed by atoms with Gasteiger partial charge in [0.1, 0.15) is 28.6 Å². The highest BCUT2D eigenvalue weighted by Gasteiger charge is 2.38. The van der Waals surface area contributed by atoms with Crippen LogP contribution in [0, 0.1) is 6.92 Å². The Hall–Kier alpha value is -3.55. The van der Waals surface area contributed by atoms with Crippen LogP contribution in [0.1, 0.15) is 11.5 Å². The van der Waals surface area contributed by atoms with E-state index in [4.69, 9.17) is 13.9 Å². The number of furan rings is 1. The Morgan fingerprint density at radius 2 is 1.85 bits per heavy atom. The van der Waals surface area contributed by atoms with E-state index in [1.165, 1.54) is 26.4 Å². The molecule has 26 heavy (non-hydrogen) atoms. The molecule has 1 saturated heterocycles. The highest BCUT2D eigenvalue weighted by Crippen LogP contribution is 2.34. The summed E-state index contributed by atoms with van der Waals surface area (Å²) in [5, 5.41) is 2.15. The van der Waals surface area contributed by atoms with E-state index in [0.29, 0.717) is 17.3 Å². The standard InChI is InChI=1S/C18H16N2O6/c1-10-4-5-12(26-10)8-13-16(21)19-18(23)20(17(13)22)14-9-11(24-2)6-7-15(14)25-3/h4-9H,1-3H3,(H,19,21,23). The number of carbonyl (C=O) groups is 3. The van der Waals surface area contributed by atoms with Crippen LogP contribution in [-0.4, -0.2) is 32.1 Å². The second-order valence-electron chi connectivity index (χ2n) is 5.44. The largest absolute Gasteiger partial charge is 0.497 e. The minimum absolute atomic E-state index is 0.156. The number of hydrogen-bond acceptors (Lipinski definition) is 6. The summed E-state index contributed by atoms with van der Waals surface area (Å²) in [5.41, 5.74) is -0.0767. The van der Waals surface area contributed by atoms with E-state index in [0.717, 1.165) is 4.90 Å². The molecule has 1 aliphatic rings. The maximum Gasteiger partial charge on any atom is 0.336 e. The molecule has 1 aromatic heterocycles. The lowest BCUT2D eigenvalue weighted by atomic mass is 10.1. The molecule has 2 heterocycles. The van der Waals surface area contributed by atoms with E-state index in [-0.39, 0.29) is 17.0 Å². The van der Waals surface area contributed by atoms with E-state index in [9.17, 15) is 14.4 Å². The zero-order chi connectivity index (χ0) is 18.8. The fraction of sp³-hybridized carbons (Fsp3) is 0.167. The summed E-state index contributed by atoms with van der Waals surface area (Å²) < 4.78 is 15.7. The number of methoxy groups -OCH3 is 2. The van der Waals surface area contributed by atoms with Crippen molar-refractivity contribution in [1.82, 2.24) is 5.32 Å². The van der Waals surface area contributed by atoms with Crippen LogP contribution in [0.4, 0.5) is 10.5 Å². The molecule has 0 saturated carbocycles.